The van der Waals surface area contributed by atoms with E-state index in [0.717, 1.165) is 44.0 Å². The number of para-hydroxylation sites is 2. The summed E-state index contributed by atoms with van der Waals surface area (Å²) in [6, 6.07) is 8.70. The fourth-order valence-corrected chi connectivity index (χ4v) is 2.68. The van der Waals surface area contributed by atoms with Crippen molar-refractivity contribution in [2.45, 2.75) is 38.0 Å². The zero-order chi connectivity index (χ0) is 13.1. The lowest BCUT2D eigenvalue weighted by Gasteiger charge is -2.37. The summed E-state index contributed by atoms with van der Waals surface area (Å²) in [6.45, 7) is 4.64. The van der Waals surface area contributed by atoms with Crippen molar-refractivity contribution in [1.82, 2.24) is 5.32 Å². The third-order valence-electron chi connectivity index (χ3n) is 3.83. The van der Waals surface area contributed by atoms with E-state index in [1.165, 1.54) is 0 Å². The normalized spacial score (nSPS) is 28.8. The molecule has 1 aromatic carbocycles. The van der Waals surface area contributed by atoms with E-state index >= 15 is 0 Å². The molecule has 104 valence electrons. The molecule has 19 heavy (non-hydrogen) atoms. The molecule has 0 amide bonds. The van der Waals surface area contributed by atoms with Crippen LogP contribution in [0, 0.1) is 0 Å². The fraction of sp³-hybridized carbons (Fsp3) is 0.600. The van der Waals surface area contributed by atoms with Crippen LogP contribution < -0.4 is 15.4 Å². The molecule has 0 bridgehead atoms. The van der Waals surface area contributed by atoms with E-state index in [9.17, 15) is 0 Å². The molecular formula is C15H22N2O2. The molecule has 1 aliphatic heterocycles. The third kappa shape index (κ3) is 3.01. The Morgan fingerprint density at radius 1 is 1.37 bits per heavy atom. The Labute approximate surface area is 114 Å². The summed E-state index contributed by atoms with van der Waals surface area (Å²) in [7, 11) is 0. The smallest absolute Gasteiger partial charge is 0.142 e. The molecular weight excluding hydrogens is 240 g/mol. The van der Waals surface area contributed by atoms with E-state index in [4.69, 9.17) is 9.47 Å². The number of hydrogen-bond donors (Lipinski definition) is 2. The lowest BCUT2D eigenvalue weighted by atomic mass is 9.89. The van der Waals surface area contributed by atoms with E-state index in [1.807, 2.05) is 18.2 Å². The van der Waals surface area contributed by atoms with Gasteiger partial charge in [0.1, 0.15) is 11.9 Å². The Morgan fingerprint density at radius 2 is 2.21 bits per heavy atom. The molecule has 1 saturated carbocycles. The van der Waals surface area contributed by atoms with E-state index in [1.54, 1.807) is 0 Å². The Bertz CT molecular complexity index is 418. The van der Waals surface area contributed by atoms with Gasteiger partial charge in [-0.1, -0.05) is 12.1 Å². The van der Waals surface area contributed by atoms with Crippen LogP contribution >= 0.6 is 0 Å². The molecule has 0 aromatic heterocycles. The van der Waals surface area contributed by atoms with Crippen LogP contribution in [0.15, 0.2) is 24.3 Å². The minimum atomic E-state index is 0.209. The molecule has 1 aliphatic carbocycles. The summed E-state index contributed by atoms with van der Waals surface area (Å²) in [5.41, 5.74) is 1.10. The van der Waals surface area contributed by atoms with Crippen molar-refractivity contribution < 1.29 is 9.47 Å². The maximum absolute atomic E-state index is 5.97. The van der Waals surface area contributed by atoms with Gasteiger partial charge in [0.05, 0.1) is 18.3 Å². The minimum Gasteiger partial charge on any atom is -0.485 e. The van der Waals surface area contributed by atoms with Crippen LogP contribution in [0.3, 0.4) is 0 Å². The maximum atomic E-state index is 5.97. The monoisotopic (exact) mass is 262 g/mol. The van der Waals surface area contributed by atoms with Crippen molar-refractivity contribution in [3.05, 3.63) is 24.3 Å². The predicted octanol–water partition coefficient (Wildman–Crippen LogP) is 2.02. The Hall–Kier alpha value is -1.26. The van der Waals surface area contributed by atoms with Crippen molar-refractivity contribution in [2.75, 3.05) is 25.0 Å². The summed E-state index contributed by atoms with van der Waals surface area (Å²) in [6.07, 6.45) is 2.93. The van der Waals surface area contributed by atoms with Gasteiger partial charge in [0.2, 0.25) is 0 Å². The molecule has 1 fully saturated rings. The highest BCUT2D eigenvalue weighted by Gasteiger charge is 2.30. The predicted molar refractivity (Wildman–Crippen MR) is 75.8 cm³/mol. The van der Waals surface area contributed by atoms with Crippen molar-refractivity contribution in [3.8, 4) is 5.75 Å². The van der Waals surface area contributed by atoms with Gasteiger partial charge in [-0.15, -0.1) is 0 Å². The highest BCUT2D eigenvalue weighted by atomic mass is 16.5. The summed E-state index contributed by atoms with van der Waals surface area (Å²) in [4.78, 5) is 0. The van der Waals surface area contributed by atoms with Crippen LogP contribution in [-0.4, -0.2) is 37.9 Å². The number of nitrogens with one attached hydrogen (secondary N) is 2. The molecule has 0 spiro atoms. The van der Waals surface area contributed by atoms with E-state index in [-0.39, 0.29) is 6.10 Å². The van der Waals surface area contributed by atoms with Crippen LogP contribution in [0.4, 0.5) is 5.69 Å². The van der Waals surface area contributed by atoms with Crippen molar-refractivity contribution in [1.29, 1.82) is 0 Å². The summed E-state index contributed by atoms with van der Waals surface area (Å²) >= 11 is 0. The Kier molecular flexibility index (Phi) is 3.89. The van der Waals surface area contributed by atoms with Gasteiger partial charge in [0, 0.05) is 19.2 Å². The molecule has 2 N–H and O–H groups in total. The Balaban J connectivity index is 1.41. The van der Waals surface area contributed by atoms with E-state index in [2.05, 4.69) is 23.6 Å². The molecule has 1 heterocycles. The van der Waals surface area contributed by atoms with Crippen LogP contribution in [0.5, 0.6) is 5.75 Å². The van der Waals surface area contributed by atoms with Gasteiger partial charge < -0.3 is 20.1 Å². The second-order valence-electron chi connectivity index (χ2n) is 5.27. The van der Waals surface area contributed by atoms with Crippen molar-refractivity contribution in [3.63, 3.8) is 0 Å². The van der Waals surface area contributed by atoms with Crippen LogP contribution in [0.1, 0.15) is 19.8 Å². The molecule has 4 heteroatoms. The molecule has 1 unspecified atom stereocenters. The highest BCUT2D eigenvalue weighted by Crippen LogP contribution is 2.28. The third-order valence-corrected chi connectivity index (χ3v) is 3.83. The SMILES string of the molecule is CCOC1CC(NCC2CNc3ccccc3O2)C1. The first-order chi connectivity index (χ1) is 9.35. The maximum Gasteiger partial charge on any atom is 0.142 e. The van der Waals surface area contributed by atoms with Gasteiger partial charge in [0.25, 0.3) is 0 Å². The lowest BCUT2D eigenvalue weighted by Crippen LogP contribution is -2.50. The number of ether oxygens (including phenoxy) is 2. The molecule has 1 aromatic rings. The Morgan fingerprint density at radius 3 is 3.05 bits per heavy atom. The average molecular weight is 262 g/mol. The lowest BCUT2D eigenvalue weighted by molar-refractivity contribution is -0.0116. The molecule has 4 nitrogen and oxygen atoms in total. The first-order valence-electron chi connectivity index (χ1n) is 7.19. The van der Waals surface area contributed by atoms with Gasteiger partial charge in [-0.05, 0) is 31.9 Å². The van der Waals surface area contributed by atoms with Gasteiger partial charge in [-0.3, -0.25) is 0 Å². The molecule has 2 aliphatic rings. The quantitative estimate of drug-likeness (QED) is 0.852. The summed E-state index contributed by atoms with van der Waals surface area (Å²) in [5.74, 6) is 0.960. The number of rotatable bonds is 5. The standard InChI is InChI=1S/C15H22N2O2/c1-2-18-12-7-11(8-12)16-9-13-10-17-14-5-3-4-6-15(14)19-13/h3-6,11-13,16-17H,2,7-10H2,1H3. The number of fused-ring (bicyclic) bond motifs is 1. The van der Waals surface area contributed by atoms with E-state index in [0.29, 0.717) is 12.1 Å². The first-order valence-corrected chi connectivity index (χ1v) is 7.19. The van der Waals surface area contributed by atoms with Crippen LogP contribution in [0.25, 0.3) is 0 Å². The van der Waals surface area contributed by atoms with Crippen molar-refractivity contribution in [2.24, 2.45) is 0 Å². The summed E-state index contributed by atoms with van der Waals surface area (Å²) < 4.78 is 11.5. The largest absolute Gasteiger partial charge is 0.485 e. The van der Waals surface area contributed by atoms with Gasteiger partial charge in [0.15, 0.2) is 0 Å². The van der Waals surface area contributed by atoms with E-state index < -0.39 is 0 Å². The molecule has 0 saturated heterocycles. The number of anilines is 1. The second-order valence-corrected chi connectivity index (χ2v) is 5.27. The van der Waals surface area contributed by atoms with Crippen molar-refractivity contribution >= 4 is 5.69 Å². The van der Waals surface area contributed by atoms with Gasteiger partial charge >= 0.3 is 0 Å². The van der Waals surface area contributed by atoms with Gasteiger partial charge in [-0.2, -0.15) is 0 Å². The number of benzene rings is 1. The molecule has 1 atom stereocenters. The van der Waals surface area contributed by atoms with Crippen LogP contribution in [-0.2, 0) is 4.74 Å². The summed E-state index contributed by atoms with van der Waals surface area (Å²) in [5, 5.41) is 6.97. The van der Waals surface area contributed by atoms with Gasteiger partial charge in [-0.25, -0.2) is 0 Å². The first kappa shape index (κ1) is 12.8. The zero-order valence-electron chi connectivity index (χ0n) is 11.4. The van der Waals surface area contributed by atoms with Crippen LogP contribution in [0.2, 0.25) is 0 Å². The number of hydrogen-bond acceptors (Lipinski definition) is 4. The average Bonchev–Trinajstić information content (AvgIpc) is 2.41. The fourth-order valence-electron chi connectivity index (χ4n) is 2.68. The second kappa shape index (κ2) is 5.80. The highest BCUT2D eigenvalue weighted by molar-refractivity contribution is 5.57. The molecule has 3 rings (SSSR count). The molecule has 0 radical (unpaired) electrons. The zero-order valence-corrected chi connectivity index (χ0v) is 11.4. The topological polar surface area (TPSA) is 42.5 Å². The minimum absolute atomic E-state index is 0.209.